The van der Waals surface area contributed by atoms with Gasteiger partial charge in [-0.05, 0) is 31.7 Å². The summed E-state index contributed by atoms with van der Waals surface area (Å²) in [5.41, 5.74) is 0. The van der Waals surface area contributed by atoms with Crippen molar-refractivity contribution in [2.45, 2.75) is 44.4 Å². The lowest BCUT2D eigenvalue weighted by Gasteiger charge is -2.25. The van der Waals surface area contributed by atoms with Crippen LogP contribution >= 0.6 is 0 Å². The number of hydrogen-bond donors (Lipinski definition) is 0. The van der Waals surface area contributed by atoms with E-state index in [2.05, 4.69) is 5.10 Å². The largest absolute Gasteiger partial charge is 0.377 e. The minimum atomic E-state index is -3.43. The van der Waals surface area contributed by atoms with E-state index < -0.39 is 15.6 Å². The van der Waals surface area contributed by atoms with E-state index in [9.17, 15) is 13.2 Å². The fourth-order valence-corrected chi connectivity index (χ4v) is 4.86. The van der Waals surface area contributed by atoms with Gasteiger partial charge in [0.05, 0.1) is 24.4 Å². The topological polar surface area (TPSA) is 81.5 Å². The molecule has 128 valence electrons. The highest BCUT2D eigenvalue weighted by Gasteiger charge is 2.33. The minimum absolute atomic E-state index is 0.0281. The number of hydrogen-bond acceptors (Lipinski definition) is 5. The molecule has 0 saturated carbocycles. The van der Waals surface area contributed by atoms with Crippen molar-refractivity contribution in [1.29, 1.82) is 0 Å². The Morgan fingerprint density at radius 3 is 2.87 bits per heavy atom. The van der Waals surface area contributed by atoms with Crippen molar-refractivity contribution in [1.82, 2.24) is 14.7 Å². The van der Waals surface area contributed by atoms with E-state index in [1.165, 1.54) is 0 Å². The molecule has 0 spiro atoms. The normalized spacial score (nSPS) is 25.1. The fourth-order valence-electron chi connectivity index (χ4n) is 3.37. The summed E-state index contributed by atoms with van der Waals surface area (Å²) in [7, 11) is -3.43. The molecule has 0 unspecified atom stereocenters. The van der Waals surface area contributed by atoms with Crippen LogP contribution in [0, 0.1) is 0 Å². The van der Waals surface area contributed by atoms with Crippen LogP contribution in [0.2, 0.25) is 0 Å². The molecule has 0 bridgehead atoms. The Balaban J connectivity index is 1.57. The van der Waals surface area contributed by atoms with Crippen LogP contribution in [-0.2, 0) is 25.9 Å². The molecule has 2 aliphatic heterocycles. The average Bonchev–Trinajstić information content (AvgIpc) is 3.19. The number of carbonyl (C=O) groups is 1. The molecule has 3 heterocycles. The summed E-state index contributed by atoms with van der Waals surface area (Å²) >= 11 is 0. The van der Waals surface area contributed by atoms with Crippen molar-refractivity contribution in [2.24, 2.45) is 0 Å². The van der Waals surface area contributed by atoms with E-state index in [4.69, 9.17) is 4.74 Å². The summed E-state index contributed by atoms with van der Waals surface area (Å²) in [5, 5.41) is 4.16. The maximum absolute atomic E-state index is 12.4. The molecule has 2 fully saturated rings. The van der Waals surface area contributed by atoms with Crippen LogP contribution in [0.5, 0.6) is 0 Å². The maximum Gasteiger partial charge on any atom is 0.238 e. The SMILES string of the molecule is O=C(CS(=O)(=O)C[C@H]1CCCO1)N1CCC[C@H]1Cn1cccn1. The first-order valence-electron chi connectivity index (χ1n) is 8.12. The van der Waals surface area contributed by atoms with E-state index in [1.54, 1.807) is 15.8 Å². The second-order valence-corrected chi connectivity index (χ2v) is 8.41. The number of amides is 1. The average molecular weight is 341 g/mol. The highest BCUT2D eigenvalue weighted by molar-refractivity contribution is 7.92. The number of carbonyl (C=O) groups excluding carboxylic acids is 1. The van der Waals surface area contributed by atoms with E-state index in [0.29, 0.717) is 19.7 Å². The van der Waals surface area contributed by atoms with Crippen LogP contribution in [0.25, 0.3) is 0 Å². The number of ether oxygens (including phenoxy) is 1. The fraction of sp³-hybridized carbons (Fsp3) is 0.733. The molecule has 1 aromatic rings. The molecular formula is C15H23N3O4S. The van der Waals surface area contributed by atoms with Crippen molar-refractivity contribution in [3.05, 3.63) is 18.5 Å². The summed E-state index contributed by atoms with van der Waals surface area (Å²) < 4.78 is 31.6. The molecule has 2 aliphatic rings. The molecule has 3 rings (SSSR count). The Kier molecular flexibility index (Phi) is 5.01. The minimum Gasteiger partial charge on any atom is -0.377 e. The second kappa shape index (κ2) is 7.00. The zero-order valence-electron chi connectivity index (χ0n) is 13.1. The Labute approximate surface area is 136 Å². The van der Waals surface area contributed by atoms with E-state index in [-0.39, 0.29) is 23.8 Å². The van der Waals surface area contributed by atoms with Gasteiger partial charge in [-0.1, -0.05) is 0 Å². The van der Waals surface area contributed by atoms with Crippen molar-refractivity contribution < 1.29 is 17.9 Å². The van der Waals surface area contributed by atoms with Crippen molar-refractivity contribution >= 4 is 15.7 Å². The Hall–Kier alpha value is -1.41. The van der Waals surface area contributed by atoms with Crippen LogP contribution in [0.3, 0.4) is 0 Å². The lowest BCUT2D eigenvalue weighted by atomic mass is 10.2. The maximum atomic E-state index is 12.4. The van der Waals surface area contributed by atoms with E-state index in [0.717, 1.165) is 25.7 Å². The first-order chi connectivity index (χ1) is 11.0. The first kappa shape index (κ1) is 16.4. The van der Waals surface area contributed by atoms with Gasteiger partial charge in [-0.25, -0.2) is 8.42 Å². The Bertz CT molecular complexity index is 623. The Morgan fingerprint density at radius 1 is 1.30 bits per heavy atom. The van der Waals surface area contributed by atoms with Gasteiger partial charge in [0.2, 0.25) is 5.91 Å². The van der Waals surface area contributed by atoms with Gasteiger partial charge in [-0.15, -0.1) is 0 Å². The Morgan fingerprint density at radius 2 is 2.17 bits per heavy atom. The van der Waals surface area contributed by atoms with Crippen molar-refractivity contribution in [3.63, 3.8) is 0 Å². The predicted octanol–water partition coefficient (Wildman–Crippen LogP) is 0.468. The summed E-state index contributed by atoms with van der Waals surface area (Å²) in [4.78, 5) is 14.2. The van der Waals surface area contributed by atoms with Crippen LogP contribution in [0.15, 0.2) is 18.5 Å². The van der Waals surface area contributed by atoms with Gasteiger partial charge < -0.3 is 9.64 Å². The molecule has 0 aliphatic carbocycles. The highest BCUT2D eigenvalue weighted by atomic mass is 32.2. The molecule has 8 heteroatoms. The highest BCUT2D eigenvalue weighted by Crippen LogP contribution is 2.20. The third kappa shape index (κ3) is 4.32. The molecule has 0 radical (unpaired) electrons. The van der Waals surface area contributed by atoms with Gasteiger partial charge in [-0.3, -0.25) is 9.48 Å². The lowest BCUT2D eigenvalue weighted by molar-refractivity contribution is -0.129. The number of likely N-dealkylation sites (tertiary alicyclic amines) is 1. The van der Waals surface area contributed by atoms with Crippen LogP contribution in [0.1, 0.15) is 25.7 Å². The standard InChI is InChI=1S/C15H23N3O4S/c19-15(12-23(20,21)11-14-5-2-9-22-14)18-8-1-4-13(18)10-17-7-3-6-16-17/h3,6-7,13-14H,1-2,4-5,8-12H2/t13-,14+/m0/s1. The second-order valence-electron chi connectivity index (χ2n) is 6.30. The van der Waals surface area contributed by atoms with Crippen LogP contribution in [0.4, 0.5) is 0 Å². The molecular weight excluding hydrogens is 318 g/mol. The molecule has 2 saturated heterocycles. The quantitative estimate of drug-likeness (QED) is 0.751. The summed E-state index contributed by atoms with van der Waals surface area (Å²) in [6.07, 6.45) is 6.76. The van der Waals surface area contributed by atoms with Crippen LogP contribution in [-0.4, -0.2) is 65.8 Å². The third-order valence-electron chi connectivity index (χ3n) is 4.46. The number of aromatic nitrogens is 2. The van der Waals surface area contributed by atoms with Gasteiger partial charge in [0.1, 0.15) is 5.75 Å². The molecule has 2 atom stereocenters. The number of sulfone groups is 1. The molecule has 7 nitrogen and oxygen atoms in total. The monoisotopic (exact) mass is 341 g/mol. The zero-order valence-corrected chi connectivity index (χ0v) is 14.0. The molecule has 23 heavy (non-hydrogen) atoms. The smallest absolute Gasteiger partial charge is 0.238 e. The van der Waals surface area contributed by atoms with Gasteiger partial charge in [-0.2, -0.15) is 5.10 Å². The molecule has 0 aromatic carbocycles. The van der Waals surface area contributed by atoms with Crippen molar-refractivity contribution in [2.75, 3.05) is 24.7 Å². The third-order valence-corrected chi connectivity index (χ3v) is 6.03. The zero-order chi connectivity index (χ0) is 16.3. The predicted molar refractivity (Wildman–Crippen MR) is 84.6 cm³/mol. The molecule has 1 amide bonds. The molecule has 0 N–H and O–H groups in total. The van der Waals surface area contributed by atoms with Gasteiger partial charge in [0.25, 0.3) is 0 Å². The van der Waals surface area contributed by atoms with Crippen molar-refractivity contribution in [3.8, 4) is 0 Å². The first-order valence-corrected chi connectivity index (χ1v) is 9.94. The summed E-state index contributed by atoms with van der Waals surface area (Å²) in [6, 6.07) is 1.87. The summed E-state index contributed by atoms with van der Waals surface area (Å²) in [6.45, 7) is 1.86. The van der Waals surface area contributed by atoms with Crippen LogP contribution < -0.4 is 0 Å². The summed E-state index contributed by atoms with van der Waals surface area (Å²) in [5.74, 6) is -0.753. The van der Waals surface area contributed by atoms with E-state index in [1.807, 2.05) is 12.3 Å². The lowest BCUT2D eigenvalue weighted by Crippen LogP contribution is -2.42. The number of rotatable bonds is 6. The van der Waals surface area contributed by atoms with Gasteiger partial charge in [0.15, 0.2) is 9.84 Å². The molecule has 1 aromatic heterocycles. The number of nitrogens with zero attached hydrogens (tertiary/aromatic N) is 3. The van der Waals surface area contributed by atoms with E-state index >= 15 is 0 Å². The van der Waals surface area contributed by atoms with Gasteiger partial charge >= 0.3 is 0 Å². The van der Waals surface area contributed by atoms with Gasteiger partial charge in [0, 0.05) is 25.5 Å².